The first-order valence-electron chi connectivity index (χ1n) is 9.33. The maximum absolute atomic E-state index is 12.2. The van der Waals surface area contributed by atoms with Crippen molar-refractivity contribution in [2.24, 2.45) is 0 Å². The minimum atomic E-state index is -0.377. The van der Waals surface area contributed by atoms with Crippen LogP contribution in [0.1, 0.15) is 29.9 Å². The number of para-hydroxylation sites is 2. The van der Waals surface area contributed by atoms with E-state index in [9.17, 15) is 4.79 Å². The van der Waals surface area contributed by atoms with Gasteiger partial charge in [0.1, 0.15) is 5.82 Å². The number of carbonyl (C=O) groups excluding carboxylic acids is 1. The van der Waals surface area contributed by atoms with Crippen molar-refractivity contribution < 1.29 is 9.53 Å². The van der Waals surface area contributed by atoms with E-state index in [-0.39, 0.29) is 5.97 Å². The van der Waals surface area contributed by atoms with Gasteiger partial charge in [-0.05, 0) is 45.0 Å². The number of hydrogen-bond acceptors (Lipinski definition) is 6. The van der Waals surface area contributed by atoms with Gasteiger partial charge in [-0.15, -0.1) is 0 Å². The van der Waals surface area contributed by atoms with Gasteiger partial charge in [-0.3, -0.25) is 0 Å². The zero-order valence-corrected chi connectivity index (χ0v) is 16.3. The Bertz CT molecular complexity index is 944. The highest BCUT2D eigenvalue weighted by molar-refractivity contribution is 5.96. The van der Waals surface area contributed by atoms with Gasteiger partial charge >= 0.3 is 5.97 Å². The van der Waals surface area contributed by atoms with Crippen molar-refractivity contribution in [2.45, 2.75) is 20.8 Å². The number of carbonyl (C=O) groups is 1. The Morgan fingerprint density at radius 2 is 1.75 bits per heavy atom. The Morgan fingerprint density at radius 1 is 1.04 bits per heavy atom. The molecule has 0 saturated carbocycles. The van der Waals surface area contributed by atoms with E-state index in [1.807, 2.05) is 55.5 Å². The number of aryl methyl sites for hydroxylation is 1. The number of nitrogens with one attached hydrogen (secondary N) is 1. The second-order valence-electron chi connectivity index (χ2n) is 6.16. The summed E-state index contributed by atoms with van der Waals surface area (Å²) < 4.78 is 5.14. The van der Waals surface area contributed by atoms with Gasteiger partial charge in [0.2, 0.25) is 5.95 Å². The molecule has 0 fully saturated rings. The first kappa shape index (κ1) is 19.4. The number of hydrogen-bond donors (Lipinski definition) is 1. The Morgan fingerprint density at radius 3 is 2.46 bits per heavy atom. The van der Waals surface area contributed by atoms with Gasteiger partial charge in [-0.1, -0.05) is 30.3 Å². The summed E-state index contributed by atoms with van der Waals surface area (Å²) in [6, 6.07) is 19.2. The summed E-state index contributed by atoms with van der Waals surface area (Å²) >= 11 is 0. The van der Waals surface area contributed by atoms with Crippen LogP contribution in [0.5, 0.6) is 0 Å². The summed E-state index contributed by atoms with van der Waals surface area (Å²) in [6.07, 6.45) is 0. The monoisotopic (exact) mass is 376 g/mol. The number of esters is 1. The van der Waals surface area contributed by atoms with Gasteiger partial charge in [0.25, 0.3) is 0 Å². The predicted octanol–water partition coefficient (Wildman–Crippen LogP) is 4.86. The first-order valence-corrected chi connectivity index (χ1v) is 9.33. The van der Waals surface area contributed by atoms with Crippen molar-refractivity contribution >= 4 is 29.1 Å². The van der Waals surface area contributed by atoms with Crippen LogP contribution in [-0.4, -0.2) is 29.1 Å². The van der Waals surface area contributed by atoms with Crippen LogP contribution < -0.4 is 10.2 Å². The smallest absolute Gasteiger partial charge is 0.340 e. The topological polar surface area (TPSA) is 67.3 Å². The number of nitrogens with zero attached hydrogens (tertiary/aromatic N) is 3. The zero-order chi connectivity index (χ0) is 19.9. The first-order chi connectivity index (χ1) is 13.6. The van der Waals surface area contributed by atoms with Gasteiger partial charge in [0.15, 0.2) is 0 Å². The van der Waals surface area contributed by atoms with Crippen molar-refractivity contribution in [3.8, 4) is 0 Å². The highest BCUT2D eigenvalue weighted by Gasteiger charge is 2.15. The Labute approximate surface area is 165 Å². The molecule has 6 heteroatoms. The van der Waals surface area contributed by atoms with Crippen molar-refractivity contribution in [3.63, 3.8) is 0 Å². The molecular weight excluding hydrogens is 352 g/mol. The fourth-order valence-electron chi connectivity index (χ4n) is 2.93. The SMILES string of the molecule is CCOC(=O)c1ccccc1Nc1nc(C)cc(N(CC)c2ccccc2)n1. The van der Waals surface area contributed by atoms with Crippen LogP contribution >= 0.6 is 0 Å². The molecule has 1 aromatic heterocycles. The van der Waals surface area contributed by atoms with Crippen LogP contribution in [0.15, 0.2) is 60.7 Å². The fraction of sp³-hybridized carbons (Fsp3) is 0.227. The summed E-state index contributed by atoms with van der Waals surface area (Å²) in [7, 11) is 0. The molecule has 28 heavy (non-hydrogen) atoms. The third kappa shape index (κ3) is 4.46. The Balaban J connectivity index is 1.94. The van der Waals surface area contributed by atoms with Crippen LogP contribution in [0.2, 0.25) is 0 Å². The standard InChI is InChI=1S/C22H24N4O2/c1-4-26(17-11-7-6-8-12-17)20-15-16(3)23-22(25-20)24-19-14-10-9-13-18(19)21(27)28-5-2/h6-15H,4-5H2,1-3H3,(H,23,24,25). The molecule has 3 aromatic rings. The van der Waals surface area contributed by atoms with E-state index in [0.717, 1.165) is 23.7 Å². The molecule has 0 spiro atoms. The minimum Gasteiger partial charge on any atom is -0.462 e. The minimum absolute atomic E-state index is 0.320. The van der Waals surface area contributed by atoms with E-state index in [1.165, 1.54) is 0 Å². The summed E-state index contributed by atoms with van der Waals surface area (Å²) in [5, 5.41) is 3.17. The third-order valence-electron chi connectivity index (χ3n) is 4.17. The van der Waals surface area contributed by atoms with Crippen molar-refractivity contribution in [2.75, 3.05) is 23.4 Å². The maximum Gasteiger partial charge on any atom is 0.340 e. The van der Waals surface area contributed by atoms with E-state index in [1.54, 1.807) is 19.1 Å². The van der Waals surface area contributed by atoms with Crippen molar-refractivity contribution in [3.05, 3.63) is 71.9 Å². The number of aromatic nitrogens is 2. The molecule has 0 atom stereocenters. The predicted molar refractivity (Wildman–Crippen MR) is 112 cm³/mol. The van der Waals surface area contributed by atoms with E-state index in [2.05, 4.69) is 27.1 Å². The molecule has 0 radical (unpaired) electrons. The molecule has 0 aliphatic rings. The maximum atomic E-state index is 12.2. The molecule has 0 amide bonds. The van der Waals surface area contributed by atoms with E-state index in [0.29, 0.717) is 23.8 Å². The van der Waals surface area contributed by atoms with Crippen LogP contribution in [0.3, 0.4) is 0 Å². The number of benzene rings is 2. The summed E-state index contributed by atoms with van der Waals surface area (Å²) in [4.78, 5) is 23.5. The summed E-state index contributed by atoms with van der Waals surface area (Å²) in [6.45, 7) is 6.87. The molecule has 0 aliphatic carbocycles. The van der Waals surface area contributed by atoms with Gasteiger partial charge in [-0.2, -0.15) is 4.98 Å². The molecule has 1 heterocycles. The molecule has 0 unspecified atom stereocenters. The zero-order valence-electron chi connectivity index (χ0n) is 16.3. The molecule has 0 bridgehead atoms. The molecule has 1 N–H and O–H groups in total. The van der Waals surface area contributed by atoms with Crippen LogP contribution in [0, 0.1) is 6.92 Å². The van der Waals surface area contributed by atoms with Gasteiger partial charge in [-0.25, -0.2) is 9.78 Å². The van der Waals surface area contributed by atoms with Gasteiger partial charge < -0.3 is 15.0 Å². The number of rotatable bonds is 7. The van der Waals surface area contributed by atoms with Crippen LogP contribution in [-0.2, 0) is 4.74 Å². The van der Waals surface area contributed by atoms with Crippen LogP contribution in [0.4, 0.5) is 23.1 Å². The molecule has 0 aliphatic heterocycles. The van der Waals surface area contributed by atoms with E-state index < -0.39 is 0 Å². The highest BCUT2D eigenvalue weighted by Crippen LogP contribution is 2.26. The highest BCUT2D eigenvalue weighted by atomic mass is 16.5. The number of anilines is 4. The lowest BCUT2D eigenvalue weighted by atomic mass is 10.2. The molecular formula is C22H24N4O2. The van der Waals surface area contributed by atoms with Crippen molar-refractivity contribution in [1.82, 2.24) is 9.97 Å². The van der Waals surface area contributed by atoms with Crippen molar-refractivity contribution in [1.29, 1.82) is 0 Å². The third-order valence-corrected chi connectivity index (χ3v) is 4.17. The fourth-order valence-corrected chi connectivity index (χ4v) is 2.93. The lowest BCUT2D eigenvalue weighted by Gasteiger charge is -2.23. The second-order valence-corrected chi connectivity index (χ2v) is 6.16. The average Bonchev–Trinajstić information content (AvgIpc) is 2.69. The average molecular weight is 376 g/mol. The number of ether oxygens (including phenoxy) is 1. The lowest BCUT2D eigenvalue weighted by molar-refractivity contribution is 0.0527. The summed E-state index contributed by atoms with van der Waals surface area (Å²) in [5.74, 6) is 0.844. The molecule has 144 valence electrons. The molecule has 3 rings (SSSR count). The summed E-state index contributed by atoms with van der Waals surface area (Å²) in [5.41, 5.74) is 2.95. The van der Waals surface area contributed by atoms with Crippen LogP contribution in [0.25, 0.3) is 0 Å². The lowest BCUT2D eigenvalue weighted by Crippen LogP contribution is -2.18. The van der Waals surface area contributed by atoms with Gasteiger partial charge in [0.05, 0.1) is 17.9 Å². The Hall–Kier alpha value is -3.41. The van der Waals surface area contributed by atoms with Gasteiger partial charge in [0, 0.05) is 24.0 Å². The van der Waals surface area contributed by atoms with E-state index in [4.69, 9.17) is 4.74 Å². The molecule has 0 saturated heterocycles. The van der Waals surface area contributed by atoms with E-state index >= 15 is 0 Å². The Kier molecular flexibility index (Phi) is 6.22. The molecule has 6 nitrogen and oxygen atoms in total. The quantitative estimate of drug-likeness (QED) is 0.594. The second kappa shape index (κ2) is 8.99. The normalized spacial score (nSPS) is 10.4. The largest absolute Gasteiger partial charge is 0.462 e. The molecule has 2 aromatic carbocycles.